The van der Waals surface area contributed by atoms with Gasteiger partial charge in [0.2, 0.25) is 0 Å². The van der Waals surface area contributed by atoms with E-state index >= 15 is 0 Å². The van der Waals surface area contributed by atoms with Crippen molar-refractivity contribution < 1.29 is 4.74 Å². The van der Waals surface area contributed by atoms with E-state index in [0.29, 0.717) is 5.94 Å². The van der Waals surface area contributed by atoms with Gasteiger partial charge in [0.25, 0.3) is 0 Å². The van der Waals surface area contributed by atoms with E-state index in [1.54, 1.807) is 11.8 Å². The highest BCUT2D eigenvalue weighted by Gasteiger charge is 1.92. The summed E-state index contributed by atoms with van der Waals surface area (Å²) in [7, 11) is 0. The zero-order valence-electron chi connectivity index (χ0n) is 6.92. The molecule has 0 aliphatic rings. The van der Waals surface area contributed by atoms with Gasteiger partial charge in [0.05, 0.1) is 5.94 Å². The molecule has 0 saturated heterocycles. The van der Waals surface area contributed by atoms with Gasteiger partial charge in [-0.15, -0.1) is 0 Å². The predicted octanol–water partition coefficient (Wildman–Crippen LogP) is 3.43. The SMILES string of the molecule is CCOCSc1ccc(Cl)cc1. The molecule has 1 aromatic carbocycles. The van der Waals surface area contributed by atoms with Gasteiger partial charge >= 0.3 is 0 Å². The first-order valence-corrected chi connectivity index (χ1v) is 5.15. The number of benzene rings is 1. The maximum Gasteiger partial charge on any atom is 0.0966 e. The Balaban J connectivity index is 2.37. The number of halogens is 1. The van der Waals surface area contributed by atoms with Gasteiger partial charge in [-0.1, -0.05) is 23.4 Å². The van der Waals surface area contributed by atoms with Crippen LogP contribution in [-0.2, 0) is 4.74 Å². The quantitative estimate of drug-likeness (QED) is 0.420. The zero-order valence-corrected chi connectivity index (χ0v) is 8.49. The van der Waals surface area contributed by atoms with Crippen molar-refractivity contribution in [3.63, 3.8) is 0 Å². The number of thioether (sulfide) groups is 1. The topological polar surface area (TPSA) is 9.23 Å². The predicted molar refractivity (Wildman–Crippen MR) is 53.8 cm³/mol. The monoisotopic (exact) mass is 202 g/mol. The number of rotatable bonds is 4. The summed E-state index contributed by atoms with van der Waals surface area (Å²) < 4.78 is 5.20. The van der Waals surface area contributed by atoms with Crippen LogP contribution in [0.1, 0.15) is 6.92 Å². The lowest BCUT2D eigenvalue weighted by Gasteiger charge is -2.00. The standard InChI is InChI=1S/C9H11ClOS/c1-2-11-7-12-9-5-3-8(10)4-6-9/h3-6H,2,7H2,1H3. The molecule has 0 radical (unpaired) electrons. The third kappa shape index (κ3) is 3.48. The molecule has 0 aliphatic carbocycles. The second-order valence-corrected chi connectivity index (χ2v) is 3.64. The van der Waals surface area contributed by atoms with E-state index < -0.39 is 0 Å². The van der Waals surface area contributed by atoms with Crippen molar-refractivity contribution in [2.45, 2.75) is 11.8 Å². The first kappa shape index (κ1) is 9.90. The fourth-order valence-corrected chi connectivity index (χ4v) is 1.56. The lowest BCUT2D eigenvalue weighted by Crippen LogP contribution is -1.87. The molecule has 0 spiro atoms. The minimum absolute atomic E-state index is 0.706. The third-order valence-corrected chi connectivity index (χ3v) is 2.47. The molecule has 0 aromatic heterocycles. The maximum absolute atomic E-state index is 5.73. The Labute approximate surface area is 82.1 Å². The Bertz CT molecular complexity index is 222. The van der Waals surface area contributed by atoms with Gasteiger partial charge in [0.1, 0.15) is 0 Å². The molecule has 0 aliphatic heterocycles. The van der Waals surface area contributed by atoms with Crippen LogP contribution in [0.2, 0.25) is 5.02 Å². The van der Waals surface area contributed by atoms with Gasteiger partial charge in [-0.3, -0.25) is 0 Å². The molecular formula is C9H11ClOS. The van der Waals surface area contributed by atoms with Crippen LogP contribution in [0.5, 0.6) is 0 Å². The first-order chi connectivity index (χ1) is 5.83. The average molecular weight is 203 g/mol. The van der Waals surface area contributed by atoms with E-state index in [4.69, 9.17) is 16.3 Å². The van der Waals surface area contributed by atoms with Crippen LogP contribution >= 0.6 is 23.4 Å². The first-order valence-electron chi connectivity index (χ1n) is 3.79. The van der Waals surface area contributed by atoms with Crippen molar-refractivity contribution in [3.05, 3.63) is 29.3 Å². The molecule has 66 valence electrons. The Morgan fingerprint density at radius 1 is 1.33 bits per heavy atom. The summed E-state index contributed by atoms with van der Waals surface area (Å²) in [4.78, 5) is 1.19. The summed E-state index contributed by atoms with van der Waals surface area (Å²) in [5.41, 5.74) is 0. The Kier molecular flexibility index (Phi) is 4.51. The molecule has 12 heavy (non-hydrogen) atoms. The molecule has 3 heteroatoms. The Morgan fingerprint density at radius 2 is 2.00 bits per heavy atom. The molecule has 0 atom stereocenters. The van der Waals surface area contributed by atoms with Crippen LogP contribution in [0.15, 0.2) is 29.2 Å². The number of ether oxygens (including phenoxy) is 1. The summed E-state index contributed by atoms with van der Waals surface area (Å²) in [5, 5.41) is 0.774. The molecule has 1 rings (SSSR count). The molecule has 1 nitrogen and oxygen atoms in total. The van der Waals surface area contributed by atoms with Crippen LogP contribution in [0.25, 0.3) is 0 Å². The lowest BCUT2D eigenvalue weighted by atomic mass is 10.4. The van der Waals surface area contributed by atoms with Crippen LogP contribution in [0.3, 0.4) is 0 Å². The smallest absolute Gasteiger partial charge is 0.0966 e. The molecule has 0 N–H and O–H groups in total. The number of hydrogen-bond acceptors (Lipinski definition) is 2. The zero-order chi connectivity index (χ0) is 8.81. The Hall–Kier alpha value is -0.180. The highest BCUT2D eigenvalue weighted by molar-refractivity contribution is 7.99. The minimum Gasteiger partial charge on any atom is -0.371 e. The van der Waals surface area contributed by atoms with Gasteiger partial charge in [-0.25, -0.2) is 0 Å². The van der Waals surface area contributed by atoms with Crippen molar-refractivity contribution in [1.82, 2.24) is 0 Å². The summed E-state index contributed by atoms with van der Waals surface area (Å²) in [5.74, 6) is 0.706. The van der Waals surface area contributed by atoms with E-state index in [2.05, 4.69) is 0 Å². The van der Waals surface area contributed by atoms with Gasteiger partial charge in [-0.2, -0.15) is 0 Å². The van der Waals surface area contributed by atoms with E-state index in [1.165, 1.54) is 4.90 Å². The van der Waals surface area contributed by atoms with E-state index in [1.807, 2.05) is 31.2 Å². The fraction of sp³-hybridized carbons (Fsp3) is 0.333. The van der Waals surface area contributed by atoms with E-state index in [-0.39, 0.29) is 0 Å². The summed E-state index contributed by atoms with van der Waals surface area (Å²) in [6.45, 7) is 2.75. The highest BCUT2D eigenvalue weighted by Crippen LogP contribution is 2.19. The van der Waals surface area contributed by atoms with Crippen molar-refractivity contribution in [2.75, 3.05) is 12.5 Å². The van der Waals surface area contributed by atoms with E-state index in [0.717, 1.165) is 11.6 Å². The van der Waals surface area contributed by atoms with Crippen molar-refractivity contribution >= 4 is 23.4 Å². The van der Waals surface area contributed by atoms with Crippen molar-refractivity contribution in [3.8, 4) is 0 Å². The molecular weight excluding hydrogens is 192 g/mol. The fourth-order valence-electron chi connectivity index (χ4n) is 0.724. The molecule has 1 aromatic rings. The highest BCUT2D eigenvalue weighted by atomic mass is 35.5. The average Bonchev–Trinajstić information content (AvgIpc) is 2.09. The van der Waals surface area contributed by atoms with Crippen LogP contribution < -0.4 is 0 Å². The summed E-state index contributed by atoms with van der Waals surface area (Å²) in [6, 6.07) is 7.75. The molecule has 0 fully saturated rings. The minimum atomic E-state index is 0.706. The van der Waals surface area contributed by atoms with Crippen LogP contribution in [0.4, 0.5) is 0 Å². The van der Waals surface area contributed by atoms with Crippen molar-refractivity contribution in [2.24, 2.45) is 0 Å². The third-order valence-electron chi connectivity index (χ3n) is 1.33. The summed E-state index contributed by atoms with van der Waals surface area (Å²) >= 11 is 7.41. The number of hydrogen-bond donors (Lipinski definition) is 0. The van der Waals surface area contributed by atoms with Gasteiger partial charge in [0.15, 0.2) is 0 Å². The summed E-state index contributed by atoms with van der Waals surface area (Å²) in [6.07, 6.45) is 0. The lowest BCUT2D eigenvalue weighted by molar-refractivity contribution is 0.199. The molecule has 0 unspecified atom stereocenters. The normalized spacial score (nSPS) is 10.2. The van der Waals surface area contributed by atoms with E-state index in [9.17, 15) is 0 Å². The van der Waals surface area contributed by atoms with Gasteiger partial charge in [-0.05, 0) is 31.2 Å². The second-order valence-electron chi connectivity index (χ2n) is 2.21. The maximum atomic E-state index is 5.73. The molecule has 0 saturated carbocycles. The van der Waals surface area contributed by atoms with Gasteiger partial charge < -0.3 is 4.74 Å². The largest absolute Gasteiger partial charge is 0.371 e. The second kappa shape index (κ2) is 5.46. The van der Waals surface area contributed by atoms with Crippen LogP contribution in [0, 0.1) is 0 Å². The Morgan fingerprint density at radius 3 is 2.58 bits per heavy atom. The van der Waals surface area contributed by atoms with Crippen molar-refractivity contribution in [1.29, 1.82) is 0 Å². The van der Waals surface area contributed by atoms with Crippen LogP contribution in [-0.4, -0.2) is 12.5 Å². The molecule has 0 bridgehead atoms. The molecule has 0 heterocycles. The van der Waals surface area contributed by atoms with Gasteiger partial charge in [0, 0.05) is 16.5 Å². The molecule has 0 amide bonds.